The number of hydrogen-bond acceptors (Lipinski definition) is 5. The molecule has 0 spiro atoms. The summed E-state index contributed by atoms with van der Waals surface area (Å²) < 4.78 is 34.1. The molecule has 1 atom stereocenters. The van der Waals surface area contributed by atoms with Gasteiger partial charge in [-0.25, -0.2) is 8.42 Å². The molecule has 9 heteroatoms. The summed E-state index contributed by atoms with van der Waals surface area (Å²) in [7, 11) is -1.22. The molecule has 0 aliphatic heterocycles. The van der Waals surface area contributed by atoms with Crippen molar-refractivity contribution in [1.29, 1.82) is 0 Å². The van der Waals surface area contributed by atoms with Crippen molar-refractivity contribution in [3.8, 4) is 5.75 Å². The second-order valence-electron chi connectivity index (χ2n) is 8.29. The van der Waals surface area contributed by atoms with Gasteiger partial charge in [-0.1, -0.05) is 60.2 Å². The van der Waals surface area contributed by atoms with Crippen molar-refractivity contribution < 1.29 is 22.7 Å². The van der Waals surface area contributed by atoms with E-state index in [0.717, 1.165) is 15.4 Å². The molecule has 1 N–H and O–H groups in total. The van der Waals surface area contributed by atoms with E-state index in [1.165, 1.54) is 31.2 Å². The molecule has 3 rings (SSSR count). The van der Waals surface area contributed by atoms with Gasteiger partial charge in [-0.15, -0.1) is 0 Å². The highest BCUT2D eigenvalue weighted by molar-refractivity contribution is 7.92. The maximum Gasteiger partial charge on any atom is 0.264 e. The summed E-state index contributed by atoms with van der Waals surface area (Å²) >= 11 is 0. The Hall–Kier alpha value is -3.85. The van der Waals surface area contributed by atoms with Crippen LogP contribution in [0.5, 0.6) is 5.75 Å². The van der Waals surface area contributed by atoms with E-state index in [0.29, 0.717) is 5.75 Å². The second kappa shape index (κ2) is 11.7. The van der Waals surface area contributed by atoms with Gasteiger partial charge in [-0.05, 0) is 43.7 Å². The van der Waals surface area contributed by atoms with Crippen LogP contribution in [0.25, 0.3) is 0 Å². The number of carbonyl (C=O) groups excluding carboxylic acids is 2. The minimum Gasteiger partial charge on any atom is -0.495 e. The molecule has 0 heterocycles. The van der Waals surface area contributed by atoms with E-state index in [9.17, 15) is 18.0 Å². The summed E-state index contributed by atoms with van der Waals surface area (Å²) in [5.74, 6) is -0.587. The van der Waals surface area contributed by atoms with Crippen molar-refractivity contribution >= 4 is 27.5 Å². The molecule has 0 fully saturated rings. The van der Waals surface area contributed by atoms with Gasteiger partial charge >= 0.3 is 0 Å². The van der Waals surface area contributed by atoms with Gasteiger partial charge in [0.2, 0.25) is 11.8 Å². The first-order valence-electron chi connectivity index (χ1n) is 11.5. The van der Waals surface area contributed by atoms with E-state index in [-0.39, 0.29) is 23.0 Å². The van der Waals surface area contributed by atoms with Crippen molar-refractivity contribution in [3.63, 3.8) is 0 Å². The molecule has 0 unspecified atom stereocenters. The number of hydrogen-bond donors (Lipinski definition) is 1. The Balaban J connectivity index is 2.06. The number of nitrogens with zero attached hydrogens (tertiary/aromatic N) is 2. The number of methoxy groups -OCH3 is 1. The number of likely N-dealkylation sites (N-methyl/N-ethyl adjacent to an activating group) is 1. The average Bonchev–Trinajstić information content (AvgIpc) is 2.90. The van der Waals surface area contributed by atoms with E-state index in [1.54, 1.807) is 43.3 Å². The van der Waals surface area contributed by atoms with Crippen LogP contribution >= 0.6 is 0 Å². The smallest absolute Gasteiger partial charge is 0.264 e. The van der Waals surface area contributed by atoms with Gasteiger partial charge in [0.15, 0.2) is 0 Å². The zero-order valence-corrected chi connectivity index (χ0v) is 21.7. The van der Waals surface area contributed by atoms with Crippen LogP contribution in [0.4, 0.5) is 5.69 Å². The molecule has 190 valence electrons. The quantitative estimate of drug-likeness (QED) is 0.452. The van der Waals surface area contributed by atoms with Crippen LogP contribution in [-0.2, 0) is 26.2 Å². The molecule has 8 nitrogen and oxygen atoms in total. The summed E-state index contributed by atoms with van der Waals surface area (Å²) in [6, 6.07) is 21.4. The zero-order chi connectivity index (χ0) is 26.3. The zero-order valence-electron chi connectivity index (χ0n) is 20.8. The predicted octanol–water partition coefficient (Wildman–Crippen LogP) is 3.36. The first-order valence-corrected chi connectivity index (χ1v) is 12.9. The van der Waals surface area contributed by atoms with Gasteiger partial charge in [-0.3, -0.25) is 13.9 Å². The van der Waals surface area contributed by atoms with Crippen molar-refractivity contribution in [3.05, 3.63) is 90.0 Å². The largest absolute Gasteiger partial charge is 0.495 e. The normalized spacial score (nSPS) is 11.9. The first-order chi connectivity index (χ1) is 17.2. The number of sulfonamides is 1. The Morgan fingerprint density at radius 3 is 2.17 bits per heavy atom. The van der Waals surface area contributed by atoms with Gasteiger partial charge in [0.05, 0.1) is 17.7 Å². The van der Waals surface area contributed by atoms with Crippen LogP contribution in [-0.4, -0.2) is 51.9 Å². The molecule has 0 radical (unpaired) electrons. The number of benzene rings is 3. The Labute approximate surface area is 212 Å². The van der Waals surface area contributed by atoms with Gasteiger partial charge in [0.1, 0.15) is 18.3 Å². The minimum atomic E-state index is -4.15. The Kier molecular flexibility index (Phi) is 8.71. The number of nitrogens with one attached hydrogen (secondary N) is 1. The molecule has 0 aromatic heterocycles. The van der Waals surface area contributed by atoms with Crippen molar-refractivity contribution in [2.24, 2.45) is 0 Å². The fourth-order valence-corrected chi connectivity index (χ4v) is 5.18. The molecule has 0 aliphatic rings. The summed E-state index contributed by atoms with van der Waals surface area (Å²) in [4.78, 5) is 27.6. The highest BCUT2D eigenvalue weighted by atomic mass is 32.2. The molecule has 3 aromatic carbocycles. The minimum absolute atomic E-state index is 0.0424. The van der Waals surface area contributed by atoms with Gasteiger partial charge in [-0.2, -0.15) is 0 Å². The van der Waals surface area contributed by atoms with Crippen molar-refractivity contribution in [2.75, 3.05) is 25.0 Å². The third kappa shape index (κ3) is 6.04. The maximum absolute atomic E-state index is 13.8. The Morgan fingerprint density at radius 1 is 0.944 bits per heavy atom. The van der Waals surface area contributed by atoms with E-state index in [1.807, 2.05) is 37.3 Å². The van der Waals surface area contributed by atoms with Gasteiger partial charge in [0.25, 0.3) is 10.0 Å². The molecule has 0 saturated carbocycles. The first kappa shape index (κ1) is 26.7. The van der Waals surface area contributed by atoms with Crippen LogP contribution in [0.3, 0.4) is 0 Å². The van der Waals surface area contributed by atoms with Gasteiger partial charge < -0.3 is 15.0 Å². The molecule has 2 amide bonds. The third-order valence-corrected chi connectivity index (χ3v) is 7.63. The summed E-state index contributed by atoms with van der Waals surface area (Å²) in [5.41, 5.74) is 1.94. The van der Waals surface area contributed by atoms with Crippen LogP contribution in [0, 0.1) is 6.92 Å². The summed E-state index contributed by atoms with van der Waals surface area (Å²) in [6.07, 6.45) is 0. The highest BCUT2D eigenvalue weighted by Crippen LogP contribution is 2.32. The molecular formula is C27H31N3O5S. The SMILES string of the molecule is CNC(=O)[C@@H](C)N(Cc1ccccc1)C(=O)CN(c1ccccc1OC)S(=O)(=O)c1ccc(C)cc1. The maximum atomic E-state index is 13.8. The predicted molar refractivity (Wildman–Crippen MR) is 139 cm³/mol. The average molecular weight is 510 g/mol. The van der Waals surface area contributed by atoms with E-state index >= 15 is 0 Å². The standard InChI is InChI=1S/C27H31N3O5S/c1-20-14-16-23(17-15-20)36(33,34)30(24-12-8-9-13-25(24)35-4)19-26(31)29(21(2)27(32)28-3)18-22-10-6-5-7-11-22/h5-17,21H,18-19H2,1-4H3,(H,28,32)/t21-/m1/s1. The lowest BCUT2D eigenvalue weighted by atomic mass is 10.1. The number of rotatable bonds is 10. The number of carbonyl (C=O) groups is 2. The lowest BCUT2D eigenvalue weighted by Crippen LogP contribution is -2.50. The number of aryl methyl sites for hydroxylation is 1. The topological polar surface area (TPSA) is 96.0 Å². The Bertz CT molecular complexity index is 1290. The highest BCUT2D eigenvalue weighted by Gasteiger charge is 2.33. The lowest BCUT2D eigenvalue weighted by Gasteiger charge is -2.32. The molecule has 0 bridgehead atoms. The van der Waals surface area contributed by atoms with E-state index in [4.69, 9.17) is 4.74 Å². The van der Waals surface area contributed by atoms with Crippen molar-refractivity contribution in [1.82, 2.24) is 10.2 Å². The monoisotopic (exact) mass is 509 g/mol. The molecule has 36 heavy (non-hydrogen) atoms. The van der Waals surface area contributed by atoms with Crippen LogP contribution in [0.1, 0.15) is 18.1 Å². The number of ether oxygens (including phenoxy) is 1. The fourth-order valence-electron chi connectivity index (χ4n) is 3.76. The van der Waals surface area contributed by atoms with Crippen LogP contribution in [0.15, 0.2) is 83.8 Å². The van der Waals surface area contributed by atoms with E-state index in [2.05, 4.69) is 5.32 Å². The number of amides is 2. The number of anilines is 1. The van der Waals surface area contributed by atoms with Crippen LogP contribution < -0.4 is 14.4 Å². The molecule has 0 aliphatic carbocycles. The third-order valence-electron chi connectivity index (χ3n) is 5.85. The summed E-state index contributed by atoms with van der Waals surface area (Å²) in [6.45, 7) is 3.09. The Morgan fingerprint density at radius 2 is 1.56 bits per heavy atom. The fraction of sp³-hybridized carbons (Fsp3) is 0.259. The molecular weight excluding hydrogens is 478 g/mol. The van der Waals surface area contributed by atoms with Crippen molar-refractivity contribution in [2.45, 2.75) is 31.3 Å². The number of para-hydroxylation sites is 2. The lowest BCUT2D eigenvalue weighted by molar-refractivity contribution is -0.139. The van der Waals surface area contributed by atoms with Gasteiger partial charge in [0, 0.05) is 13.6 Å². The second-order valence-corrected chi connectivity index (χ2v) is 10.2. The van der Waals surface area contributed by atoms with Crippen LogP contribution in [0.2, 0.25) is 0 Å². The molecule has 3 aromatic rings. The molecule has 0 saturated heterocycles. The van der Waals surface area contributed by atoms with E-state index < -0.39 is 28.5 Å². The summed E-state index contributed by atoms with van der Waals surface area (Å²) in [5, 5.41) is 2.57.